The highest BCUT2D eigenvalue weighted by Crippen LogP contribution is 2.23. The summed E-state index contributed by atoms with van der Waals surface area (Å²) in [6, 6.07) is 11.6. The zero-order valence-corrected chi connectivity index (χ0v) is 18.8. The quantitative estimate of drug-likeness (QED) is 0.467. The molecule has 1 amide bonds. The van der Waals surface area contributed by atoms with Gasteiger partial charge in [-0.3, -0.25) is 4.79 Å². The van der Waals surface area contributed by atoms with Gasteiger partial charge in [0, 0.05) is 49.8 Å². The summed E-state index contributed by atoms with van der Waals surface area (Å²) in [5, 5.41) is 16.1. The minimum Gasteiger partial charge on any atom is -0.478 e. The van der Waals surface area contributed by atoms with E-state index in [-0.39, 0.29) is 18.0 Å². The lowest BCUT2D eigenvalue weighted by Crippen LogP contribution is -2.58. The fraction of sp³-hybridized carbons (Fsp3) is 0.440. The summed E-state index contributed by atoms with van der Waals surface area (Å²) in [4.78, 5) is 23.6. The summed E-state index contributed by atoms with van der Waals surface area (Å²) in [5.41, 5.74) is 2.46. The lowest BCUT2D eigenvalue weighted by Gasteiger charge is -2.37. The third-order valence-corrected chi connectivity index (χ3v) is 5.70. The lowest BCUT2D eigenvalue weighted by molar-refractivity contribution is -0.133. The van der Waals surface area contributed by atoms with Gasteiger partial charge in [-0.2, -0.15) is 0 Å². The van der Waals surface area contributed by atoms with Crippen molar-refractivity contribution in [2.75, 3.05) is 6.61 Å². The molecule has 7 nitrogen and oxygen atoms in total. The Morgan fingerprint density at radius 1 is 1.16 bits per heavy atom. The molecule has 7 heteroatoms. The van der Waals surface area contributed by atoms with Gasteiger partial charge in [-0.15, -0.1) is 0 Å². The average Bonchev–Trinajstić information content (AvgIpc) is 3.31. The van der Waals surface area contributed by atoms with E-state index in [1.807, 2.05) is 53.4 Å². The number of aromatic nitrogens is 1. The smallest absolute Gasteiger partial charge is 0.331 e. The number of carboxylic acid groups (broad SMARTS) is 1. The molecule has 0 spiro atoms. The van der Waals surface area contributed by atoms with E-state index >= 15 is 0 Å². The highest BCUT2D eigenvalue weighted by atomic mass is 16.5. The van der Waals surface area contributed by atoms with Gasteiger partial charge in [0.1, 0.15) is 0 Å². The predicted molar refractivity (Wildman–Crippen MR) is 124 cm³/mol. The van der Waals surface area contributed by atoms with Crippen molar-refractivity contribution in [3.8, 4) is 5.69 Å². The van der Waals surface area contributed by atoms with Crippen LogP contribution in [0.2, 0.25) is 0 Å². The molecule has 3 N–H and O–H groups in total. The van der Waals surface area contributed by atoms with E-state index in [4.69, 9.17) is 4.74 Å². The maximum absolute atomic E-state index is 11.9. The highest BCUT2D eigenvalue weighted by molar-refractivity contribution is 5.87. The van der Waals surface area contributed by atoms with E-state index < -0.39 is 12.1 Å². The van der Waals surface area contributed by atoms with Crippen LogP contribution >= 0.6 is 0 Å². The van der Waals surface area contributed by atoms with Crippen molar-refractivity contribution in [1.82, 2.24) is 15.2 Å². The van der Waals surface area contributed by atoms with E-state index in [1.54, 1.807) is 6.08 Å². The van der Waals surface area contributed by atoms with Gasteiger partial charge >= 0.3 is 5.97 Å². The molecule has 0 aliphatic heterocycles. The number of rotatable bonds is 11. The molecule has 3 rings (SSSR count). The van der Waals surface area contributed by atoms with Gasteiger partial charge in [0.25, 0.3) is 0 Å². The predicted octanol–water partition coefficient (Wildman–Crippen LogP) is 3.43. The number of carboxylic acids is 1. The van der Waals surface area contributed by atoms with E-state index in [9.17, 15) is 14.7 Å². The Morgan fingerprint density at radius 2 is 1.88 bits per heavy atom. The SMILES string of the molecule is CCCCCO[C@@H]1C=C(C(=O)O)C[C@H](NCc2ccc(-n3cccc3)cc2)[C@H]1NC(C)=O. The summed E-state index contributed by atoms with van der Waals surface area (Å²) >= 11 is 0. The van der Waals surface area contributed by atoms with Crippen LogP contribution in [-0.2, 0) is 20.9 Å². The van der Waals surface area contributed by atoms with Gasteiger partial charge in [0.05, 0.1) is 12.1 Å². The van der Waals surface area contributed by atoms with Crippen molar-refractivity contribution in [1.29, 1.82) is 0 Å². The molecule has 0 unspecified atom stereocenters. The van der Waals surface area contributed by atoms with E-state index in [0.29, 0.717) is 25.1 Å². The van der Waals surface area contributed by atoms with Crippen molar-refractivity contribution >= 4 is 11.9 Å². The van der Waals surface area contributed by atoms with Crippen LogP contribution in [0.3, 0.4) is 0 Å². The molecule has 0 saturated carbocycles. The fourth-order valence-electron chi connectivity index (χ4n) is 4.00. The van der Waals surface area contributed by atoms with Crippen molar-refractivity contribution < 1.29 is 19.4 Å². The lowest BCUT2D eigenvalue weighted by atomic mass is 9.87. The first kappa shape index (κ1) is 23.8. The number of nitrogens with zero attached hydrogens (tertiary/aromatic N) is 1. The van der Waals surface area contributed by atoms with Gasteiger partial charge in [-0.05, 0) is 48.7 Å². The summed E-state index contributed by atoms with van der Waals surface area (Å²) in [6.07, 6.45) is 8.50. The maximum atomic E-state index is 11.9. The zero-order chi connectivity index (χ0) is 22.9. The Kier molecular flexibility index (Phi) is 8.64. The van der Waals surface area contributed by atoms with Crippen LogP contribution in [0.25, 0.3) is 5.69 Å². The number of carbonyl (C=O) groups is 2. The number of hydrogen-bond donors (Lipinski definition) is 3. The number of amides is 1. The molecule has 3 atom stereocenters. The molecule has 32 heavy (non-hydrogen) atoms. The van der Waals surface area contributed by atoms with Gasteiger partial charge in [0.2, 0.25) is 5.91 Å². The second kappa shape index (κ2) is 11.6. The number of benzene rings is 1. The topological polar surface area (TPSA) is 92.6 Å². The number of ether oxygens (including phenoxy) is 1. The molecule has 1 heterocycles. The van der Waals surface area contributed by atoms with Crippen LogP contribution in [-0.4, -0.2) is 46.3 Å². The van der Waals surface area contributed by atoms with Gasteiger partial charge in [-0.25, -0.2) is 4.79 Å². The molecule has 1 aromatic carbocycles. The molecule has 1 aliphatic carbocycles. The molecule has 1 aromatic heterocycles. The van der Waals surface area contributed by atoms with Gasteiger partial charge in [-0.1, -0.05) is 31.9 Å². The first-order valence-electron chi connectivity index (χ1n) is 11.3. The molecular weight excluding hydrogens is 406 g/mol. The number of nitrogens with one attached hydrogen (secondary N) is 2. The number of unbranched alkanes of at least 4 members (excludes halogenated alkanes) is 2. The van der Waals surface area contributed by atoms with Crippen molar-refractivity contribution in [2.45, 2.75) is 64.3 Å². The van der Waals surface area contributed by atoms with Crippen molar-refractivity contribution in [3.05, 3.63) is 66.0 Å². The zero-order valence-electron chi connectivity index (χ0n) is 18.8. The van der Waals surface area contributed by atoms with E-state index in [1.165, 1.54) is 6.92 Å². The summed E-state index contributed by atoms with van der Waals surface area (Å²) in [6.45, 7) is 4.68. The molecule has 1 aliphatic rings. The summed E-state index contributed by atoms with van der Waals surface area (Å²) in [7, 11) is 0. The van der Waals surface area contributed by atoms with Crippen LogP contribution in [0.4, 0.5) is 0 Å². The third-order valence-electron chi connectivity index (χ3n) is 5.70. The van der Waals surface area contributed by atoms with Crippen LogP contribution < -0.4 is 10.6 Å². The van der Waals surface area contributed by atoms with E-state index in [0.717, 1.165) is 30.5 Å². The molecule has 0 fully saturated rings. The van der Waals surface area contributed by atoms with E-state index in [2.05, 4.69) is 17.6 Å². The highest BCUT2D eigenvalue weighted by Gasteiger charge is 2.36. The molecule has 0 bridgehead atoms. The first-order valence-corrected chi connectivity index (χ1v) is 11.3. The van der Waals surface area contributed by atoms with Crippen LogP contribution in [0, 0.1) is 0 Å². The third kappa shape index (κ3) is 6.55. The second-order valence-electron chi connectivity index (χ2n) is 8.21. The minimum atomic E-state index is -0.948. The molecule has 0 radical (unpaired) electrons. The Bertz CT molecular complexity index is 906. The van der Waals surface area contributed by atoms with Gasteiger partial charge in [0.15, 0.2) is 0 Å². The Balaban J connectivity index is 1.70. The molecule has 0 saturated heterocycles. The number of hydrogen-bond acceptors (Lipinski definition) is 4. The van der Waals surface area contributed by atoms with Crippen LogP contribution in [0.5, 0.6) is 0 Å². The second-order valence-corrected chi connectivity index (χ2v) is 8.21. The molecule has 172 valence electrons. The summed E-state index contributed by atoms with van der Waals surface area (Å²) in [5.74, 6) is -1.11. The Labute approximate surface area is 189 Å². The molecular formula is C25H33N3O4. The Hall–Kier alpha value is -2.90. The summed E-state index contributed by atoms with van der Waals surface area (Å²) < 4.78 is 8.06. The number of aliphatic carboxylic acids is 1. The standard InChI is InChI=1S/C25H33N3O4/c1-3-4-7-14-32-23-16-20(25(30)31)15-22(24(23)27-18(2)29)26-17-19-8-10-21(11-9-19)28-12-5-6-13-28/h5-6,8-13,16,22-24,26H,3-4,7,14-15,17H2,1-2H3,(H,27,29)(H,30,31)/t22-,23+,24+/m0/s1. The Morgan fingerprint density at radius 3 is 2.50 bits per heavy atom. The van der Waals surface area contributed by atoms with Crippen molar-refractivity contribution in [3.63, 3.8) is 0 Å². The largest absolute Gasteiger partial charge is 0.478 e. The fourth-order valence-corrected chi connectivity index (χ4v) is 4.00. The minimum absolute atomic E-state index is 0.160. The van der Waals surface area contributed by atoms with Crippen LogP contribution in [0.1, 0.15) is 45.1 Å². The first-order chi connectivity index (χ1) is 15.5. The van der Waals surface area contributed by atoms with Gasteiger partial charge < -0.3 is 25.0 Å². The monoisotopic (exact) mass is 439 g/mol. The number of carbonyl (C=O) groups excluding carboxylic acids is 1. The van der Waals surface area contributed by atoms with Crippen molar-refractivity contribution in [2.24, 2.45) is 0 Å². The maximum Gasteiger partial charge on any atom is 0.331 e. The van der Waals surface area contributed by atoms with Crippen LogP contribution in [0.15, 0.2) is 60.4 Å². The normalized spacial score (nSPS) is 20.6. The molecule has 2 aromatic rings. The average molecular weight is 440 g/mol.